The fourth-order valence-corrected chi connectivity index (χ4v) is 6.15. The van der Waals surface area contributed by atoms with E-state index in [1.165, 1.54) is 49.3 Å². The molecule has 0 saturated heterocycles. The number of anilines is 1. The van der Waals surface area contributed by atoms with Crippen LogP contribution in [0.25, 0.3) is 0 Å². The predicted octanol–water partition coefficient (Wildman–Crippen LogP) is 5.61. The quantitative estimate of drug-likeness (QED) is 0.414. The number of benzene rings is 3. The molecular weight excluding hydrogens is 496 g/mol. The minimum absolute atomic E-state index is 0.0931. The molecular formula is C28H31ClN2O4S. The van der Waals surface area contributed by atoms with E-state index in [4.69, 9.17) is 16.3 Å². The van der Waals surface area contributed by atoms with Crippen molar-refractivity contribution < 1.29 is 17.9 Å². The van der Waals surface area contributed by atoms with E-state index in [1.807, 2.05) is 19.9 Å². The Kier molecular flexibility index (Phi) is 7.91. The van der Waals surface area contributed by atoms with Crippen LogP contribution in [0.1, 0.15) is 48.1 Å². The molecule has 0 heterocycles. The van der Waals surface area contributed by atoms with Gasteiger partial charge in [-0.25, -0.2) is 8.42 Å². The van der Waals surface area contributed by atoms with Crippen LogP contribution in [0.3, 0.4) is 0 Å². The van der Waals surface area contributed by atoms with Gasteiger partial charge in [-0.1, -0.05) is 47.5 Å². The summed E-state index contributed by atoms with van der Waals surface area (Å²) in [6.45, 7) is 3.40. The fourth-order valence-electron chi connectivity index (χ4n) is 4.49. The Bertz CT molecular complexity index is 1360. The van der Waals surface area contributed by atoms with Crippen molar-refractivity contribution in [1.29, 1.82) is 0 Å². The number of methoxy groups -OCH3 is 1. The Morgan fingerprint density at radius 3 is 2.39 bits per heavy atom. The third-order valence-corrected chi connectivity index (χ3v) is 8.65. The van der Waals surface area contributed by atoms with Crippen molar-refractivity contribution in [2.24, 2.45) is 0 Å². The van der Waals surface area contributed by atoms with Crippen LogP contribution in [0, 0.1) is 6.92 Å². The van der Waals surface area contributed by atoms with E-state index < -0.39 is 22.5 Å². The highest BCUT2D eigenvalue weighted by Gasteiger charge is 2.28. The standard InChI is InChI=1S/C28H31ClN2O4S/c1-19-8-13-25(14-9-19)36(33,34)31(24-12-15-27(35-3)26(29)17-24)18-28(32)30-20(2)22-11-10-21-6-4-5-7-23(21)16-22/h8-17,20H,4-7,18H2,1-3H3,(H,30,32)/t20-/m1/s1. The molecule has 1 N–H and O–H groups in total. The number of sulfonamides is 1. The van der Waals surface area contributed by atoms with E-state index in [9.17, 15) is 13.2 Å². The lowest BCUT2D eigenvalue weighted by atomic mass is 9.89. The van der Waals surface area contributed by atoms with Crippen LogP contribution in [0.5, 0.6) is 5.75 Å². The summed E-state index contributed by atoms with van der Waals surface area (Å²) in [6, 6.07) is 17.3. The van der Waals surface area contributed by atoms with E-state index in [2.05, 4.69) is 17.4 Å². The molecule has 0 saturated carbocycles. The molecule has 0 aromatic heterocycles. The molecule has 8 heteroatoms. The number of nitrogens with zero attached hydrogens (tertiary/aromatic N) is 1. The lowest BCUT2D eigenvalue weighted by Crippen LogP contribution is -2.41. The van der Waals surface area contributed by atoms with Gasteiger partial charge in [-0.15, -0.1) is 0 Å². The fraction of sp³-hybridized carbons (Fsp3) is 0.321. The number of nitrogens with one attached hydrogen (secondary N) is 1. The predicted molar refractivity (Wildman–Crippen MR) is 143 cm³/mol. The summed E-state index contributed by atoms with van der Waals surface area (Å²) in [5, 5.41) is 3.22. The number of hydrogen-bond donors (Lipinski definition) is 1. The Balaban J connectivity index is 1.60. The minimum atomic E-state index is -4.04. The topological polar surface area (TPSA) is 75.7 Å². The Morgan fingerprint density at radius 2 is 1.72 bits per heavy atom. The lowest BCUT2D eigenvalue weighted by Gasteiger charge is -2.26. The summed E-state index contributed by atoms with van der Waals surface area (Å²) in [5.41, 5.74) is 4.92. The molecule has 1 atom stereocenters. The highest BCUT2D eigenvalue weighted by Crippen LogP contribution is 2.32. The smallest absolute Gasteiger partial charge is 0.264 e. The SMILES string of the molecule is COc1ccc(N(CC(=O)N[C@H](C)c2ccc3c(c2)CCCC3)S(=O)(=O)c2ccc(C)cc2)cc1Cl. The van der Waals surface area contributed by atoms with Gasteiger partial charge in [0, 0.05) is 0 Å². The van der Waals surface area contributed by atoms with Crippen molar-refractivity contribution in [3.05, 3.63) is 87.9 Å². The second-order valence-corrected chi connectivity index (χ2v) is 11.4. The van der Waals surface area contributed by atoms with Crippen molar-refractivity contribution in [2.75, 3.05) is 18.0 Å². The van der Waals surface area contributed by atoms with Crippen molar-refractivity contribution in [3.8, 4) is 5.75 Å². The summed E-state index contributed by atoms with van der Waals surface area (Å²) in [5.74, 6) is 0.00133. The zero-order valence-corrected chi connectivity index (χ0v) is 22.3. The number of amides is 1. The Labute approximate surface area is 218 Å². The van der Waals surface area contributed by atoms with Crippen LogP contribution in [-0.4, -0.2) is 28.0 Å². The Hall–Kier alpha value is -3.03. The second-order valence-electron chi connectivity index (χ2n) is 9.17. The minimum Gasteiger partial charge on any atom is -0.495 e. The zero-order valence-electron chi connectivity index (χ0n) is 20.8. The highest BCUT2D eigenvalue weighted by molar-refractivity contribution is 7.92. The summed E-state index contributed by atoms with van der Waals surface area (Å²) in [7, 11) is -2.56. The van der Waals surface area contributed by atoms with Crippen molar-refractivity contribution in [2.45, 2.75) is 50.5 Å². The number of carbonyl (C=O) groups is 1. The number of fused-ring (bicyclic) bond motifs is 1. The van der Waals surface area contributed by atoms with Crippen LogP contribution in [0.4, 0.5) is 5.69 Å². The average molecular weight is 527 g/mol. The molecule has 190 valence electrons. The van der Waals surface area contributed by atoms with E-state index in [-0.39, 0.29) is 21.6 Å². The number of rotatable bonds is 8. The number of halogens is 1. The third-order valence-electron chi connectivity index (χ3n) is 6.57. The number of aryl methyl sites for hydroxylation is 3. The van der Waals surface area contributed by atoms with E-state index in [0.29, 0.717) is 5.75 Å². The van der Waals surface area contributed by atoms with Gasteiger partial charge in [0.1, 0.15) is 12.3 Å². The first-order chi connectivity index (χ1) is 17.2. The van der Waals surface area contributed by atoms with Crippen LogP contribution in [0.2, 0.25) is 5.02 Å². The van der Waals surface area contributed by atoms with Crippen LogP contribution in [0.15, 0.2) is 65.6 Å². The normalized spacial score (nSPS) is 14.0. The lowest BCUT2D eigenvalue weighted by molar-refractivity contribution is -0.120. The molecule has 4 rings (SSSR count). The highest BCUT2D eigenvalue weighted by atomic mass is 35.5. The number of ether oxygens (including phenoxy) is 1. The largest absolute Gasteiger partial charge is 0.495 e. The molecule has 0 fully saturated rings. The monoisotopic (exact) mass is 526 g/mol. The Morgan fingerprint density at radius 1 is 1.03 bits per heavy atom. The maximum Gasteiger partial charge on any atom is 0.264 e. The van der Waals surface area contributed by atoms with Crippen LogP contribution in [-0.2, 0) is 27.7 Å². The molecule has 0 spiro atoms. The second kappa shape index (κ2) is 10.9. The van der Waals surface area contributed by atoms with Gasteiger partial charge in [0.05, 0.1) is 28.8 Å². The first-order valence-corrected chi connectivity index (χ1v) is 13.8. The summed E-state index contributed by atoms with van der Waals surface area (Å²) in [6.07, 6.45) is 4.52. The van der Waals surface area contributed by atoms with Crippen molar-refractivity contribution in [3.63, 3.8) is 0 Å². The van der Waals surface area contributed by atoms with Gasteiger partial charge in [0.25, 0.3) is 10.0 Å². The van der Waals surface area contributed by atoms with Gasteiger partial charge in [0.15, 0.2) is 0 Å². The van der Waals surface area contributed by atoms with E-state index in [0.717, 1.165) is 28.3 Å². The van der Waals surface area contributed by atoms with Gasteiger partial charge in [-0.3, -0.25) is 9.10 Å². The van der Waals surface area contributed by atoms with Gasteiger partial charge < -0.3 is 10.1 Å². The van der Waals surface area contributed by atoms with Crippen LogP contribution >= 0.6 is 11.6 Å². The zero-order chi connectivity index (χ0) is 25.9. The molecule has 0 unspecified atom stereocenters. The molecule has 0 aliphatic heterocycles. The molecule has 3 aromatic carbocycles. The summed E-state index contributed by atoms with van der Waals surface area (Å²) < 4.78 is 33.6. The maximum absolute atomic E-state index is 13.6. The van der Waals surface area contributed by atoms with E-state index in [1.54, 1.807) is 24.3 Å². The molecule has 6 nitrogen and oxygen atoms in total. The molecule has 0 radical (unpaired) electrons. The molecule has 3 aromatic rings. The van der Waals surface area contributed by atoms with E-state index >= 15 is 0 Å². The van der Waals surface area contributed by atoms with Crippen molar-refractivity contribution >= 4 is 33.2 Å². The molecule has 1 aliphatic carbocycles. The van der Waals surface area contributed by atoms with Gasteiger partial charge in [-0.2, -0.15) is 0 Å². The summed E-state index contributed by atoms with van der Waals surface area (Å²) >= 11 is 6.30. The maximum atomic E-state index is 13.6. The number of hydrogen-bond acceptors (Lipinski definition) is 4. The van der Waals surface area contributed by atoms with Crippen LogP contribution < -0.4 is 14.4 Å². The molecule has 0 bridgehead atoms. The third kappa shape index (κ3) is 5.68. The first kappa shape index (κ1) is 26.0. The molecule has 36 heavy (non-hydrogen) atoms. The molecule has 1 amide bonds. The summed E-state index contributed by atoms with van der Waals surface area (Å²) in [4.78, 5) is 13.3. The van der Waals surface area contributed by atoms with Gasteiger partial charge in [0.2, 0.25) is 5.91 Å². The van der Waals surface area contributed by atoms with Gasteiger partial charge >= 0.3 is 0 Å². The van der Waals surface area contributed by atoms with Crippen molar-refractivity contribution in [1.82, 2.24) is 5.32 Å². The first-order valence-electron chi connectivity index (χ1n) is 12.0. The molecule has 1 aliphatic rings. The number of carbonyl (C=O) groups excluding carboxylic acids is 1. The average Bonchev–Trinajstić information content (AvgIpc) is 2.87. The van der Waals surface area contributed by atoms with Gasteiger partial charge in [-0.05, 0) is 86.6 Å².